The van der Waals surface area contributed by atoms with Crippen molar-refractivity contribution in [3.8, 4) is 0 Å². The molecule has 0 spiro atoms. The van der Waals surface area contributed by atoms with Gasteiger partial charge >= 0.3 is 47.9 Å². The molecule has 0 aliphatic heterocycles. The first-order valence-corrected chi connectivity index (χ1v) is 5.82. The molecular formula is C10H4F16O. The van der Waals surface area contributed by atoms with Crippen molar-refractivity contribution in [2.45, 2.75) is 54.8 Å². The van der Waals surface area contributed by atoms with E-state index in [1.54, 1.807) is 0 Å². The van der Waals surface area contributed by atoms with Crippen LogP contribution in [-0.2, 0) is 4.79 Å². The van der Waals surface area contributed by atoms with Crippen LogP contribution in [0.15, 0.2) is 0 Å². The van der Waals surface area contributed by atoms with Crippen LogP contribution in [0.3, 0.4) is 0 Å². The summed E-state index contributed by atoms with van der Waals surface area (Å²) >= 11 is 0. The lowest BCUT2D eigenvalue weighted by Crippen LogP contribution is -2.74. The number of hydrogen-bond acceptors (Lipinski definition) is 1. The van der Waals surface area contributed by atoms with Crippen LogP contribution in [0.4, 0.5) is 70.2 Å². The molecule has 0 aromatic rings. The fourth-order valence-corrected chi connectivity index (χ4v) is 1.36. The SMILES string of the molecule is CC(=O)C(F)(F)C(F)(F)C(F)(F)C(F)(F)C(F)(F)C(F)(F)C(F)(F)C(F)F. The number of Topliss-reactive ketones (excluding diaryl/α,β-unsaturated/α-hetero) is 1. The standard InChI is InChI=1S/C10H4F16O/c1-2(27)4(13,14)6(17,18)8(21,22)10(25,26)9(23,24)7(19,20)5(15,16)3(11)12/h3H,1H3. The Hall–Kier alpha value is -1.45. The van der Waals surface area contributed by atoms with Gasteiger partial charge in [-0.1, -0.05) is 0 Å². The van der Waals surface area contributed by atoms with Gasteiger partial charge in [0, 0.05) is 6.92 Å². The third kappa shape index (κ3) is 3.00. The maximum Gasteiger partial charge on any atom is 0.385 e. The van der Waals surface area contributed by atoms with Crippen molar-refractivity contribution < 1.29 is 75.0 Å². The van der Waals surface area contributed by atoms with Crippen molar-refractivity contribution in [3.63, 3.8) is 0 Å². The molecule has 0 atom stereocenters. The largest absolute Gasteiger partial charge is 0.385 e. The third-order valence-electron chi connectivity index (χ3n) is 3.11. The molecule has 0 fully saturated rings. The molecule has 0 aromatic carbocycles. The van der Waals surface area contributed by atoms with Gasteiger partial charge in [-0.15, -0.1) is 0 Å². The summed E-state index contributed by atoms with van der Waals surface area (Å²) in [5, 5.41) is 0. The zero-order valence-corrected chi connectivity index (χ0v) is 12.0. The molecule has 17 heteroatoms. The van der Waals surface area contributed by atoms with Gasteiger partial charge in [-0.2, -0.15) is 61.5 Å². The van der Waals surface area contributed by atoms with Crippen LogP contribution in [0.5, 0.6) is 0 Å². The van der Waals surface area contributed by atoms with Gasteiger partial charge in [-0.3, -0.25) is 4.79 Å². The van der Waals surface area contributed by atoms with E-state index in [1.165, 1.54) is 0 Å². The zero-order valence-electron chi connectivity index (χ0n) is 12.0. The summed E-state index contributed by atoms with van der Waals surface area (Å²) in [6.07, 6.45) is -5.89. The van der Waals surface area contributed by atoms with Crippen molar-refractivity contribution in [2.24, 2.45) is 0 Å². The quantitative estimate of drug-likeness (QED) is 0.466. The summed E-state index contributed by atoms with van der Waals surface area (Å²) in [4.78, 5) is 10.2. The minimum Gasteiger partial charge on any atom is -0.293 e. The molecule has 0 aliphatic carbocycles. The number of carbonyl (C=O) groups excluding carboxylic acids is 1. The lowest BCUT2D eigenvalue weighted by atomic mass is 9.88. The molecule has 0 aromatic heterocycles. The number of carbonyl (C=O) groups is 1. The van der Waals surface area contributed by atoms with Crippen LogP contribution in [0.1, 0.15) is 6.92 Å². The molecule has 0 amide bonds. The van der Waals surface area contributed by atoms with Crippen molar-refractivity contribution in [3.05, 3.63) is 0 Å². The van der Waals surface area contributed by atoms with E-state index in [0.29, 0.717) is 0 Å². The van der Waals surface area contributed by atoms with Gasteiger partial charge in [0.25, 0.3) is 0 Å². The fraction of sp³-hybridized carbons (Fsp3) is 0.900. The van der Waals surface area contributed by atoms with Crippen LogP contribution >= 0.6 is 0 Å². The van der Waals surface area contributed by atoms with Gasteiger partial charge in [0.2, 0.25) is 5.78 Å². The second-order valence-corrected chi connectivity index (χ2v) is 4.93. The van der Waals surface area contributed by atoms with Gasteiger partial charge in [0.15, 0.2) is 0 Å². The molecular weight excluding hydrogens is 440 g/mol. The van der Waals surface area contributed by atoms with Gasteiger partial charge in [0.1, 0.15) is 0 Å². The molecule has 0 unspecified atom stereocenters. The summed E-state index contributed by atoms with van der Waals surface area (Å²) in [6.45, 7) is -0.611. The first kappa shape index (κ1) is 25.6. The van der Waals surface area contributed by atoms with Gasteiger partial charge in [0.05, 0.1) is 0 Å². The Bertz CT molecular complexity index is 576. The first-order valence-electron chi connectivity index (χ1n) is 5.82. The average molecular weight is 444 g/mol. The van der Waals surface area contributed by atoms with Crippen molar-refractivity contribution >= 4 is 5.78 Å². The summed E-state index contributed by atoms with van der Waals surface area (Å²) < 4.78 is 204. The highest BCUT2D eigenvalue weighted by Gasteiger charge is 2.94. The van der Waals surface area contributed by atoms with Crippen LogP contribution in [0, 0.1) is 0 Å². The number of alkyl halides is 16. The Kier molecular flexibility index (Phi) is 5.95. The topological polar surface area (TPSA) is 17.1 Å². The summed E-state index contributed by atoms with van der Waals surface area (Å²) in [5.74, 6) is -58.8. The molecule has 162 valence electrons. The van der Waals surface area contributed by atoms with E-state index in [-0.39, 0.29) is 0 Å². The summed E-state index contributed by atoms with van der Waals surface area (Å²) in [6, 6.07) is 0. The maximum atomic E-state index is 13.1. The zero-order chi connectivity index (χ0) is 22.7. The normalized spacial score (nSPS) is 16.1. The minimum absolute atomic E-state index is 0.611. The van der Waals surface area contributed by atoms with Crippen LogP contribution < -0.4 is 0 Å². The maximum absolute atomic E-state index is 13.1. The molecule has 0 bridgehead atoms. The lowest BCUT2D eigenvalue weighted by Gasteiger charge is -2.42. The van der Waals surface area contributed by atoms with E-state index in [9.17, 15) is 75.0 Å². The minimum atomic E-state index is -8.47. The van der Waals surface area contributed by atoms with Gasteiger partial charge < -0.3 is 0 Å². The van der Waals surface area contributed by atoms with Crippen LogP contribution in [0.25, 0.3) is 0 Å². The van der Waals surface area contributed by atoms with Gasteiger partial charge in [-0.25, -0.2) is 8.78 Å². The Morgan fingerprint density at radius 3 is 1.07 bits per heavy atom. The fourth-order valence-electron chi connectivity index (χ4n) is 1.36. The second-order valence-electron chi connectivity index (χ2n) is 4.93. The molecule has 1 nitrogen and oxygen atoms in total. The predicted octanol–water partition coefficient (Wildman–Crippen LogP) is 5.29. The highest BCUT2D eigenvalue weighted by molar-refractivity contribution is 5.84. The van der Waals surface area contributed by atoms with E-state index >= 15 is 0 Å². The molecule has 0 radical (unpaired) electrons. The van der Waals surface area contributed by atoms with E-state index < -0.39 is 60.6 Å². The van der Waals surface area contributed by atoms with E-state index in [0.717, 1.165) is 0 Å². The molecule has 0 N–H and O–H groups in total. The Balaban J connectivity index is 6.66. The number of ketones is 1. The Morgan fingerprint density at radius 1 is 0.556 bits per heavy atom. The molecule has 0 saturated heterocycles. The summed E-state index contributed by atoms with van der Waals surface area (Å²) in [7, 11) is 0. The van der Waals surface area contributed by atoms with Crippen molar-refractivity contribution in [2.75, 3.05) is 0 Å². The monoisotopic (exact) mass is 444 g/mol. The van der Waals surface area contributed by atoms with Crippen molar-refractivity contribution in [1.29, 1.82) is 0 Å². The predicted molar refractivity (Wildman–Crippen MR) is 51.3 cm³/mol. The highest BCUT2D eigenvalue weighted by Crippen LogP contribution is 2.62. The molecule has 0 aliphatic rings. The summed E-state index contributed by atoms with van der Waals surface area (Å²) in [5.41, 5.74) is 0. The number of rotatable bonds is 8. The Labute approximate surface area is 137 Å². The smallest absolute Gasteiger partial charge is 0.293 e. The van der Waals surface area contributed by atoms with Crippen LogP contribution in [-0.4, -0.2) is 53.7 Å². The lowest BCUT2D eigenvalue weighted by molar-refractivity contribution is -0.443. The molecule has 27 heavy (non-hydrogen) atoms. The molecule has 0 heterocycles. The van der Waals surface area contributed by atoms with E-state index in [1.807, 2.05) is 0 Å². The average Bonchev–Trinajstić information content (AvgIpc) is 2.45. The van der Waals surface area contributed by atoms with Crippen LogP contribution in [0.2, 0.25) is 0 Å². The Morgan fingerprint density at radius 2 is 0.815 bits per heavy atom. The van der Waals surface area contributed by atoms with E-state index in [4.69, 9.17) is 0 Å². The third-order valence-corrected chi connectivity index (χ3v) is 3.11. The number of halogens is 16. The second kappa shape index (κ2) is 6.28. The van der Waals surface area contributed by atoms with Crippen molar-refractivity contribution in [1.82, 2.24) is 0 Å². The molecule has 0 saturated carbocycles. The van der Waals surface area contributed by atoms with Gasteiger partial charge in [-0.05, 0) is 0 Å². The highest BCUT2D eigenvalue weighted by atomic mass is 19.4. The van der Waals surface area contributed by atoms with E-state index in [2.05, 4.69) is 0 Å². The number of hydrogen-bond donors (Lipinski definition) is 0. The first-order chi connectivity index (χ1) is 11.4. The molecule has 0 rings (SSSR count).